The first-order chi connectivity index (χ1) is 14.5. The van der Waals surface area contributed by atoms with E-state index in [-0.39, 0.29) is 11.8 Å². The van der Waals surface area contributed by atoms with Crippen molar-refractivity contribution in [3.05, 3.63) is 71.3 Å². The molecule has 0 saturated carbocycles. The number of carbonyl (C=O) groups is 2. The Morgan fingerprint density at radius 1 is 1.03 bits per heavy atom. The summed E-state index contributed by atoms with van der Waals surface area (Å²) in [6.07, 6.45) is 2.57. The first-order valence-corrected chi connectivity index (χ1v) is 11.9. The molecule has 0 fully saturated rings. The van der Waals surface area contributed by atoms with E-state index in [0.29, 0.717) is 25.3 Å². The molecule has 0 saturated heterocycles. The number of hydrogen-bond donors (Lipinski definition) is 1. The molecule has 2 amide bonds. The third-order valence-electron chi connectivity index (χ3n) is 4.99. The number of unbranched alkanes of at least 4 members (excludes halogenated alkanes) is 1. The van der Waals surface area contributed by atoms with Crippen LogP contribution in [-0.2, 0) is 21.9 Å². The summed E-state index contributed by atoms with van der Waals surface area (Å²) in [4.78, 5) is 27.7. The molecule has 0 bridgehead atoms. The highest BCUT2D eigenvalue weighted by Gasteiger charge is 2.28. The van der Waals surface area contributed by atoms with Gasteiger partial charge in [0, 0.05) is 18.8 Å². The van der Waals surface area contributed by atoms with Crippen molar-refractivity contribution in [3.63, 3.8) is 0 Å². The van der Waals surface area contributed by atoms with E-state index in [2.05, 4.69) is 37.4 Å². The summed E-state index contributed by atoms with van der Waals surface area (Å²) in [5.74, 6) is 1.10. The number of nitrogens with one attached hydrogen (secondary N) is 1. The average molecular weight is 427 g/mol. The second-order valence-electron chi connectivity index (χ2n) is 7.56. The molecule has 0 spiro atoms. The molecule has 0 radical (unpaired) electrons. The molecule has 5 heteroatoms. The molecular formula is C25H34N2O2S. The zero-order chi connectivity index (χ0) is 21.8. The zero-order valence-electron chi connectivity index (χ0n) is 18.4. The number of rotatable bonds is 12. The predicted molar refractivity (Wildman–Crippen MR) is 126 cm³/mol. The number of amides is 2. The van der Waals surface area contributed by atoms with Gasteiger partial charge < -0.3 is 10.2 Å². The fourth-order valence-electron chi connectivity index (χ4n) is 3.35. The highest BCUT2D eigenvalue weighted by molar-refractivity contribution is 7.99. The lowest BCUT2D eigenvalue weighted by Gasteiger charge is -2.30. The molecule has 0 aliphatic heterocycles. The first kappa shape index (κ1) is 24.0. The Morgan fingerprint density at radius 2 is 1.77 bits per heavy atom. The van der Waals surface area contributed by atoms with Crippen molar-refractivity contribution in [3.8, 4) is 0 Å². The van der Waals surface area contributed by atoms with Crippen molar-refractivity contribution in [1.29, 1.82) is 0 Å². The lowest BCUT2D eigenvalue weighted by Crippen LogP contribution is -2.49. The minimum atomic E-state index is -0.450. The SMILES string of the molecule is CCCCNC(=O)[C@H](CC)N(Cc1ccccc1)C(=O)CSCc1cccc(C)c1. The fourth-order valence-corrected chi connectivity index (χ4v) is 4.20. The van der Waals surface area contributed by atoms with E-state index in [1.54, 1.807) is 16.7 Å². The number of aryl methyl sites for hydroxylation is 1. The van der Waals surface area contributed by atoms with Crippen LogP contribution in [0.4, 0.5) is 0 Å². The summed E-state index contributed by atoms with van der Waals surface area (Å²) in [7, 11) is 0. The van der Waals surface area contributed by atoms with Gasteiger partial charge in [0.1, 0.15) is 6.04 Å². The van der Waals surface area contributed by atoms with Gasteiger partial charge in [0.15, 0.2) is 0 Å². The maximum atomic E-state index is 13.2. The van der Waals surface area contributed by atoms with Crippen LogP contribution in [0.5, 0.6) is 0 Å². The lowest BCUT2D eigenvalue weighted by atomic mass is 10.1. The van der Waals surface area contributed by atoms with Crippen molar-refractivity contribution in [2.45, 2.75) is 58.4 Å². The molecule has 4 nitrogen and oxygen atoms in total. The Kier molecular flexibility index (Phi) is 10.5. The molecule has 1 N–H and O–H groups in total. The van der Waals surface area contributed by atoms with Crippen molar-refractivity contribution < 1.29 is 9.59 Å². The highest BCUT2D eigenvalue weighted by atomic mass is 32.2. The van der Waals surface area contributed by atoms with E-state index >= 15 is 0 Å². The molecule has 2 aromatic rings. The predicted octanol–water partition coefficient (Wildman–Crippen LogP) is 4.95. The molecule has 1 atom stereocenters. The Morgan fingerprint density at radius 3 is 2.43 bits per heavy atom. The van der Waals surface area contributed by atoms with Crippen LogP contribution in [-0.4, -0.2) is 35.1 Å². The van der Waals surface area contributed by atoms with Crippen LogP contribution in [0.15, 0.2) is 54.6 Å². The molecule has 0 heterocycles. The van der Waals surface area contributed by atoms with Gasteiger partial charge in [0.05, 0.1) is 5.75 Å². The Bertz CT molecular complexity index is 795. The second kappa shape index (κ2) is 13.1. The van der Waals surface area contributed by atoms with Gasteiger partial charge in [0.25, 0.3) is 0 Å². The summed E-state index contributed by atoms with van der Waals surface area (Å²) >= 11 is 1.60. The highest BCUT2D eigenvalue weighted by Crippen LogP contribution is 2.18. The van der Waals surface area contributed by atoms with E-state index in [0.717, 1.165) is 24.2 Å². The van der Waals surface area contributed by atoms with Gasteiger partial charge in [-0.15, -0.1) is 11.8 Å². The molecule has 2 aromatic carbocycles. The maximum absolute atomic E-state index is 13.2. The Balaban J connectivity index is 2.06. The largest absolute Gasteiger partial charge is 0.354 e. The van der Waals surface area contributed by atoms with Gasteiger partial charge in [-0.2, -0.15) is 0 Å². The quantitative estimate of drug-likeness (QED) is 0.489. The van der Waals surface area contributed by atoms with Crippen LogP contribution in [0.2, 0.25) is 0 Å². The lowest BCUT2D eigenvalue weighted by molar-refractivity contribution is -0.139. The number of thioether (sulfide) groups is 1. The molecule has 0 aliphatic rings. The van der Waals surface area contributed by atoms with E-state index in [9.17, 15) is 9.59 Å². The molecule has 2 rings (SSSR count). The van der Waals surface area contributed by atoms with Crippen LogP contribution in [0.25, 0.3) is 0 Å². The third kappa shape index (κ3) is 7.86. The minimum absolute atomic E-state index is 0.00833. The molecular weight excluding hydrogens is 392 g/mol. The monoisotopic (exact) mass is 426 g/mol. The number of nitrogens with zero attached hydrogens (tertiary/aromatic N) is 1. The van der Waals surface area contributed by atoms with E-state index in [4.69, 9.17) is 0 Å². The minimum Gasteiger partial charge on any atom is -0.354 e. The Hall–Kier alpha value is -2.27. The van der Waals surface area contributed by atoms with Crippen molar-refractivity contribution >= 4 is 23.6 Å². The smallest absolute Gasteiger partial charge is 0.242 e. The van der Waals surface area contributed by atoms with E-state index in [1.165, 1.54) is 11.1 Å². The number of carbonyl (C=O) groups excluding carboxylic acids is 2. The van der Waals surface area contributed by atoms with Crippen molar-refractivity contribution in [2.24, 2.45) is 0 Å². The summed E-state index contributed by atoms with van der Waals surface area (Å²) in [5, 5.41) is 3.00. The normalized spacial score (nSPS) is 11.7. The van der Waals surface area contributed by atoms with Crippen LogP contribution < -0.4 is 5.32 Å². The standard InChI is InChI=1S/C25H34N2O2S/c1-4-6-15-26-25(29)23(5-2)27(17-21-12-8-7-9-13-21)24(28)19-30-18-22-14-10-11-20(3)16-22/h7-14,16,23H,4-6,15,17-19H2,1-3H3,(H,26,29)/t23-/m0/s1. The zero-order valence-corrected chi connectivity index (χ0v) is 19.2. The summed E-state index contributed by atoms with van der Waals surface area (Å²) in [6.45, 7) is 7.24. The first-order valence-electron chi connectivity index (χ1n) is 10.8. The van der Waals surface area contributed by atoms with Gasteiger partial charge in [-0.25, -0.2) is 0 Å². The van der Waals surface area contributed by atoms with Crippen molar-refractivity contribution in [2.75, 3.05) is 12.3 Å². The molecule has 0 aliphatic carbocycles. The van der Waals surface area contributed by atoms with Gasteiger partial charge in [-0.05, 0) is 30.9 Å². The topological polar surface area (TPSA) is 49.4 Å². The number of benzene rings is 2. The summed E-state index contributed by atoms with van der Waals surface area (Å²) in [6, 6.07) is 17.8. The summed E-state index contributed by atoms with van der Waals surface area (Å²) in [5.41, 5.74) is 3.47. The van der Waals surface area contributed by atoms with Crippen LogP contribution in [0.1, 0.15) is 49.8 Å². The summed E-state index contributed by atoms with van der Waals surface area (Å²) < 4.78 is 0. The molecule has 30 heavy (non-hydrogen) atoms. The molecule has 0 aromatic heterocycles. The second-order valence-corrected chi connectivity index (χ2v) is 8.54. The molecule has 162 valence electrons. The van der Waals surface area contributed by atoms with Crippen LogP contribution >= 0.6 is 11.8 Å². The Labute approximate surface area is 185 Å². The van der Waals surface area contributed by atoms with Gasteiger partial charge >= 0.3 is 0 Å². The number of hydrogen-bond acceptors (Lipinski definition) is 3. The molecule has 0 unspecified atom stereocenters. The van der Waals surface area contributed by atoms with Gasteiger partial charge in [0.2, 0.25) is 11.8 Å². The third-order valence-corrected chi connectivity index (χ3v) is 5.98. The fraction of sp³-hybridized carbons (Fsp3) is 0.440. The van der Waals surface area contributed by atoms with E-state index in [1.807, 2.05) is 43.3 Å². The van der Waals surface area contributed by atoms with Crippen molar-refractivity contribution in [1.82, 2.24) is 10.2 Å². The average Bonchev–Trinajstić information content (AvgIpc) is 2.74. The van der Waals surface area contributed by atoms with Crippen LogP contribution in [0, 0.1) is 6.92 Å². The van der Waals surface area contributed by atoms with E-state index < -0.39 is 6.04 Å². The maximum Gasteiger partial charge on any atom is 0.242 e. The van der Waals surface area contributed by atoms with Gasteiger partial charge in [-0.3, -0.25) is 9.59 Å². The van der Waals surface area contributed by atoms with Gasteiger partial charge in [-0.1, -0.05) is 80.4 Å². The van der Waals surface area contributed by atoms with Crippen LogP contribution in [0.3, 0.4) is 0 Å².